The van der Waals surface area contributed by atoms with Crippen LogP contribution in [0.25, 0.3) is 6.08 Å². The van der Waals surface area contributed by atoms with Gasteiger partial charge in [0.25, 0.3) is 11.8 Å². The van der Waals surface area contributed by atoms with E-state index in [-0.39, 0.29) is 24.2 Å². The lowest BCUT2D eigenvalue weighted by atomic mass is 10.1. The Hall–Kier alpha value is -3.53. The lowest BCUT2D eigenvalue weighted by Crippen LogP contribution is -2.54. The Morgan fingerprint density at radius 2 is 1.84 bits per heavy atom. The highest BCUT2D eigenvalue weighted by Crippen LogP contribution is 2.38. The molecule has 4 amide bonds. The van der Waals surface area contributed by atoms with E-state index >= 15 is 0 Å². The van der Waals surface area contributed by atoms with Gasteiger partial charge < -0.3 is 18.9 Å². The largest absolute Gasteiger partial charge is 0.493 e. The van der Waals surface area contributed by atoms with Crippen LogP contribution in [0.15, 0.2) is 40.4 Å². The van der Waals surface area contributed by atoms with Crippen LogP contribution in [0, 0.1) is 0 Å². The smallest absolute Gasteiger partial charge is 0.335 e. The molecule has 166 valence electrons. The number of amides is 4. The molecule has 2 heterocycles. The number of carbonyl (C=O) groups is 3. The maximum absolute atomic E-state index is 13.2. The molecule has 9 nitrogen and oxygen atoms in total. The van der Waals surface area contributed by atoms with Crippen LogP contribution in [0.2, 0.25) is 0 Å². The zero-order valence-corrected chi connectivity index (χ0v) is 19.0. The van der Waals surface area contributed by atoms with Gasteiger partial charge in [0.2, 0.25) is 6.79 Å². The summed E-state index contributed by atoms with van der Waals surface area (Å²) >= 11 is 3.44. The molecule has 2 aromatic rings. The number of halogens is 1. The quantitative estimate of drug-likeness (QED) is 0.491. The normalized spacial score (nSPS) is 16.6. The lowest BCUT2D eigenvalue weighted by Gasteiger charge is -2.26. The van der Waals surface area contributed by atoms with E-state index in [1.807, 2.05) is 13.8 Å². The zero-order valence-electron chi connectivity index (χ0n) is 17.4. The number of carbonyl (C=O) groups excluding carboxylic acids is 3. The number of urea groups is 1. The predicted molar refractivity (Wildman–Crippen MR) is 118 cm³/mol. The maximum atomic E-state index is 13.2. The van der Waals surface area contributed by atoms with Crippen LogP contribution in [0.3, 0.4) is 0 Å². The van der Waals surface area contributed by atoms with E-state index in [1.165, 1.54) is 25.3 Å². The van der Waals surface area contributed by atoms with Crippen molar-refractivity contribution < 1.29 is 33.3 Å². The van der Waals surface area contributed by atoms with Crippen molar-refractivity contribution in [1.82, 2.24) is 5.32 Å². The van der Waals surface area contributed by atoms with Crippen molar-refractivity contribution in [2.75, 3.05) is 18.8 Å². The third-order valence-corrected chi connectivity index (χ3v) is 5.35. The Labute approximate surface area is 192 Å². The molecule has 0 bridgehead atoms. The summed E-state index contributed by atoms with van der Waals surface area (Å²) in [7, 11) is 1.49. The molecular weight excluding hydrogens is 484 g/mol. The standard InChI is InChI=1S/C22H19BrN2O7/c1-11(2)32-19-9-15(23)12(7-17(19)29-3)6-14-20(26)24-22(28)25(21(14)27)13-4-5-16-18(8-13)31-10-30-16/h4-9,11H,10H2,1-3H3,(H,24,26,28)/b14-6+. The number of hydrogen-bond donors (Lipinski definition) is 1. The summed E-state index contributed by atoms with van der Waals surface area (Å²) in [6.45, 7) is 3.82. The van der Waals surface area contributed by atoms with E-state index in [1.54, 1.807) is 18.2 Å². The van der Waals surface area contributed by atoms with E-state index in [2.05, 4.69) is 21.2 Å². The third-order valence-electron chi connectivity index (χ3n) is 4.66. The van der Waals surface area contributed by atoms with E-state index in [0.29, 0.717) is 33.0 Å². The minimum atomic E-state index is -0.853. The van der Waals surface area contributed by atoms with Gasteiger partial charge in [0.1, 0.15) is 5.57 Å². The van der Waals surface area contributed by atoms with Crippen molar-refractivity contribution in [1.29, 1.82) is 0 Å². The molecule has 4 rings (SSSR count). The van der Waals surface area contributed by atoms with Gasteiger partial charge in [-0.25, -0.2) is 9.69 Å². The molecule has 1 fully saturated rings. The van der Waals surface area contributed by atoms with Gasteiger partial charge in [-0.3, -0.25) is 14.9 Å². The molecule has 1 saturated heterocycles. The zero-order chi connectivity index (χ0) is 23.0. The molecule has 0 spiro atoms. The maximum Gasteiger partial charge on any atom is 0.335 e. The summed E-state index contributed by atoms with van der Waals surface area (Å²) in [6, 6.07) is 7.11. The van der Waals surface area contributed by atoms with Gasteiger partial charge in [-0.15, -0.1) is 0 Å². The molecule has 0 aromatic heterocycles. The van der Waals surface area contributed by atoms with Crippen LogP contribution in [0.4, 0.5) is 10.5 Å². The van der Waals surface area contributed by atoms with E-state index in [4.69, 9.17) is 18.9 Å². The monoisotopic (exact) mass is 502 g/mol. The molecule has 32 heavy (non-hydrogen) atoms. The number of methoxy groups -OCH3 is 1. The molecule has 10 heteroatoms. The predicted octanol–water partition coefficient (Wildman–Crippen LogP) is 3.64. The van der Waals surface area contributed by atoms with Crippen molar-refractivity contribution in [3.8, 4) is 23.0 Å². The fraction of sp³-hybridized carbons (Fsp3) is 0.227. The first-order valence-electron chi connectivity index (χ1n) is 9.63. The van der Waals surface area contributed by atoms with Crippen LogP contribution >= 0.6 is 15.9 Å². The second kappa shape index (κ2) is 8.54. The van der Waals surface area contributed by atoms with E-state index in [9.17, 15) is 14.4 Å². The van der Waals surface area contributed by atoms with Crippen LogP contribution < -0.4 is 29.2 Å². The van der Waals surface area contributed by atoms with Crippen molar-refractivity contribution in [2.45, 2.75) is 20.0 Å². The summed E-state index contributed by atoms with van der Waals surface area (Å²) in [5, 5.41) is 2.20. The van der Waals surface area contributed by atoms with Crippen LogP contribution in [0.5, 0.6) is 23.0 Å². The number of nitrogens with one attached hydrogen (secondary N) is 1. The minimum Gasteiger partial charge on any atom is -0.493 e. The summed E-state index contributed by atoms with van der Waals surface area (Å²) in [5.41, 5.74) is 0.520. The van der Waals surface area contributed by atoms with Crippen LogP contribution in [0.1, 0.15) is 19.4 Å². The Balaban J connectivity index is 1.72. The number of hydrogen-bond acceptors (Lipinski definition) is 7. The highest BCUT2D eigenvalue weighted by molar-refractivity contribution is 9.10. The average molecular weight is 503 g/mol. The molecule has 0 aliphatic carbocycles. The van der Waals surface area contributed by atoms with Gasteiger partial charge in [-0.05, 0) is 49.8 Å². The Morgan fingerprint density at radius 1 is 1.09 bits per heavy atom. The number of imide groups is 2. The summed E-state index contributed by atoms with van der Waals surface area (Å²) in [4.78, 5) is 39.0. The highest BCUT2D eigenvalue weighted by Gasteiger charge is 2.37. The fourth-order valence-corrected chi connectivity index (χ4v) is 3.68. The number of ether oxygens (including phenoxy) is 4. The van der Waals surface area contributed by atoms with Gasteiger partial charge in [0.15, 0.2) is 23.0 Å². The highest BCUT2D eigenvalue weighted by atomic mass is 79.9. The fourth-order valence-electron chi connectivity index (χ4n) is 3.24. The minimum absolute atomic E-state index is 0.0505. The first kappa shape index (κ1) is 21.7. The molecule has 2 aromatic carbocycles. The second-order valence-corrected chi connectivity index (χ2v) is 8.04. The molecule has 1 N–H and O–H groups in total. The van der Waals surface area contributed by atoms with Gasteiger partial charge in [0.05, 0.1) is 18.9 Å². The number of anilines is 1. The van der Waals surface area contributed by atoms with Crippen molar-refractivity contribution in [3.05, 3.63) is 45.9 Å². The Kier molecular flexibility index (Phi) is 5.79. The molecule has 0 atom stereocenters. The van der Waals surface area contributed by atoms with E-state index < -0.39 is 17.8 Å². The Morgan fingerprint density at radius 3 is 2.56 bits per heavy atom. The molecule has 0 unspecified atom stereocenters. The summed E-state index contributed by atoms with van der Waals surface area (Å²) in [5.74, 6) is 0.273. The number of barbiturate groups is 1. The lowest BCUT2D eigenvalue weighted by molar-refractivity contribution is -0.122. The van der Waals surface area contributed by atoms with Gasteiger partial charge in [-0.2, -0.15) is 0 Å². The first-order chi connectivity index (χ1) is 15.3. The number of rotatable bonds is 5. The second-order valence-electron chi connectivity index (χ2n) is 7.19. The van der Waals surface area contributed by atoms with E-state index in [0.717, 1.165) is 4.90 Å². The van der Waals surface area contributed by atoms with Crippen LogP contribution in [-0.2, 0) is 9.59 Å². The first-order valence-corrected chi connectivity index (χ1v) is 10.4. The number of benzene rings is 2. The van der Waals surface area contributed by atoms with Crippen LogP contribution in [-0.4, -0.2) is 37.9 Å². The topological polar surface area (TPSA) is 103 Å². The summed E-state index contributed by atoms with van der Waals surface area (Å²) < 4.78 is 22.3. The number of fused-ring (bicyclic) bond motifs is 1. The molecule has 2 aliphatic heterocycles. The van der Waals surface area contributed by atoms with Gasteiger partial charge in [0, 0.05) is 10.5 Å². The molecule has 0 radical (unpaired) electrons. The van der Waals surface area contributed by atoms with Gasteiger partial charge >= 0.3 is 6.03 Å². The van der Waals surface area contributed by atoms with Gasteiger partial charge in [-0.1, -0.05) is 15.9 Å². The summed E-state index contributed by atoms with van der Waals surface area (Å²) in [6.07, 6.45) is 1.31. The molecule has 0 saturated carbocycles. The molecule has 2 aliphatic rings. The van der Waals surface area contributed by atoms with Crippen molar-refractivity contribution >= 4 is 45.5 Å². The average Bonchev–Trinajstić information content (AvgIpc) is 3.20. The Bertz CT molecular complexity index is 1160. The molecular formula is C22H19BrN2O7. The SMILES string of the molecule is COc1cc(/C=C2\C(=O)NC(=O)N(c3ccc4c(c3)OCO4)C2=O)c(Br)cc1OC(C)C. The van der Waals surface area contributed by atoms with Crippen molar-refractivity contribution in [3.63, 3.8) is 0 Å². The third kappa shape index (κ3) is 4.01. The van der Waals surface area contributed by atoms with Crippen molar-refractivity contribution in [2.24, 2.45) is 0 Å². The number of nitrogens with zero attached hydrogens (tertiary/aromatic N) is 1.